The molecule has 0 amide bonds. The second-order valence-electron chi connectivity index (χ2n) is 3.69. The second-order valence-corrected chi connectivity index (χ2v) is 6.09. The SMILES string of the molecule is N#Cc1cc(S(=O)(=O)Nc2c(Cl)ncnc2Cl)ccc1F. The van der Waals surface area contributed by atoms with Crippen molar-refractivity contribution in [2.75, 3.05) is 4.72 Å². The zero-order chi connectivity index (χ0) is 15.6. The highest BCUT2D eigenvalue weighted by molar-refractivity contribution is 7.92. The molecule has 0 atom stereocenters. The summed E-state index contributed by atoms with van der Waals surface area (Å²) in [6, 6.07) is 4.32. The van der Waals surface area contributed by atoms with Gasteiger partial charge < -0.3 is 0 Å². The van der Waals surface area contributed by atoms with Crippen LogP contribution in [0, 0.1) is 17.1 Å². The second kappa shape index (κ2) is 5.81. The number of benzene rings is 1. The van der Waals surface area contributed by atoms with Crippen molar-refractivity contribution in [1.82, 2.24) is 9.97 Å². The first-order valence-corrected chi connectivity index (χ1v) is 7.47. The third kappa shape index (κ3) is 3.21. The van der Waals surface area contributed by atoms with Gasteiger partial charge in [0.05, 0.1) is 10.5 Å². The Morgan fingerprint density at radius 1 is 1.24 bits per heavy atom. The van der Waals surface area contributed by atoms with Crippen molar-refractivity contribution >= 4 is 38.9 Å². The summed E-state index contributed by atoms with van der Waals surface area (Å²) in [7, 11) is -4.12. The van der Waals surface area contributed by atoms with Gasteiger partial charge in [-0.25, -0.2) is 22.8 Å². The van der Waals surface area contributed by atoms with E-state index in [1.807, 2.05) is 0 Å². The van der Waals surface area contributed by atoms with Gasteiger partial charge in [0.25, 0.3) is 10.0 Å². The molecule has 0 spiro atoms. The van der Waals surface area contributed by atoms with Crippen LogP contribution < -0.4 is 4.72 Å². The molecule has 0 aliphatic carbocycles. The maximum atomic E-state index is 13.2. The van der Waals surface area contributed by atoms with Crippen LogP contribution >= 0.6 is 23.2 Å². The lowest BCUT2D eigenvalue weighted by atomic mass is 10.2. The molecule has 108 valence electrons. The molecule has 0 saturated carbocycles. The lowest BCUT2D eigenvalue weighted by Gasteiger charge is -2.10. The lowest BCUT2D eigenvalue weighted by Crippen LogP contribution is -2.14. The third-order valence-electron chi connectivity index (χ3n) is 2.36. The molecule has 1 aromatic heterocycles. The van der Waals surface area contributed by atoms with Gasteiger partial charge in [0.1, 0.15) is 23.9 Å². The molecule has 0 fully saturated rings. The number of sulfonamides is 1. The standard InChI is InChI=1S/C11H5Cl2FN4O2S/c12-10-9(11(13)17-5-16-10)18-21(19,20)7-1-2-8(14)6(3-7)4-15/h1-3,5,18H. The molecule has 0 saturated heterocycles. The molecule has 2 aromatic rings. The van der Waals surface area contributed by atoms with E-state index in [-0.39, 0.29) is 20.9 Å². The van der Waals surface area contributed by atoms with E-state index < -0.39 is 21.4 Å². The molecular formula is C11H5Cl2FN4O2S. The van der Waals surface area contributed by atoms with Crippen LogP contribution in [0.25, 0.3) is 0 Å². The monoisotopic (exact) mass is 346 g/mol. The highest BCUT2D eigenvalue weighted by Gasteiger charge is 2.20. The Kier molecular flexibility index (Phi) is 4.27. The quantitative estimate of drug-likeness (QED) is 0.861. The first kappa shape index (κ1) is 15.4. The van der Waals surface area contributed by atoms with Crippen molar-refractivity contribution in [3.05, 3.63) is 46.2 Å². The lowest BCUT2D eigenvalue weighted by molar-refractivity contribution is 0.599. The fourth-order valence-corrected chi connectivity index (χ4v) is 3.00. The largest absolute Gasteiger partial charge is 0.274 e. The van der Waals surface area contributed by atoms with E-state index in [2.05, 4.69) is 14.7 Å². The van der Waals surface area contributed by atoms with Gasteiger partial charge in [0.2, 0.25) is 0 Å². The minimum atomic E-state index is -4.12. The van der Waals surface area contributed by atoms with E-state index in [0.717, 1.165) is 24.5 Å². The van der Waals surface area contributed by atoms with Crippen LogP contribution in [0.5, 0.6) is 0 Å². The van der Waals surface area contributed by atoms with Gasteiger partial charge in [-0.1, -0.05) is 23.2 Å². The zero-order valence-electron chi connectivity index (χ0n) is 10.0. The van der Waals surface area contributed by atoms with Gasteiger partial charge in [0, 0.05) is 0 Å². The van der Waals surface area contributed by atoms with E-state index in [1.54, 1.807) is 6.07 Å². The molecule has 0 bridgehead atoms. The first-order chi connectivity index (χ1) is 9.85. The Balaban J connectivity index is 2.47. The molecule has 0 aliphatic rings. The summed E-state index contributed by atoms with van der Waals surface area (Å²) >= 11 is 11.5. The van der Waals surface area contributed by atoms with Crippen LogP contribution in [0.3, 0.4) is 0 Å². The Labute approximate surface area is 129 Å². The Morgan fingerprint density at radius 2 is 1.86 bits per heavy atom. The summed E-state index contributed by atoms with van der Waals surface area (Å²) in [4.78, 5) is 6.87. The summed E-state index contributed by atoms with van der Waals surface area (Å²) in [6.07, 6.45) is 1.06. The molecule has 21 heavy (non-hydrogen) atoms. The molecule has 0 aliphatic heterocycles. The average Bonchev–Trinajstić information content (AvgIpc) is 2.43. The normalized spacial score (nSPS) is 11.0. The summed E-state index contributed by atoms with van der Waals surface area (Å²) in [5.74, 6) is -0.824. The van der Waals surface area contributed by atoms with Gasteiger partial charge in [0.15, 0.2) is 10.3 Å². The maximum Gasteiger partial charge on any atom is 0.262 e. The van der Waals surface area contributed by atoms with Gasteiger partial charge in [-0.3, -0.25) is 4.72 Å². The van der Waals surface area contributed by atoms with Crippen LogP contribution in [0.4, 0.5) is 10.1 Å². The Bertz CT molecular complexity index is 832. The number of hydrogen-bond acceptors (Lipinski definition) is 5. The number of aromatic nitrogens is 2. The highest BCUT2D eigenvalue weighted by Crippen LogP contribution is 2.28. The molecular weight excluding hydrogens is 342 g/mol. The van der Waals surface area contributed by atoms with E-state index in [1.165, 1.54) is 0 Å². The van der Waals surface area contributed by atoms with Gasteiger partial charge in [-0.2, -0.15) is 5.26 Å². The molecule has 0 unspecified atom stereocenters. The molecule has 6 nitrogen and oxygen atoms in total. The van der Waals surface area contributed by atoms with Crippen molar-refractivity contribution in [2.24, 2.45) is 0 Å². The maximum absolute atomic E-state index is 13.2. The van der Waals surface area contributed by atoms with Crippen molar-refractivity contribution in [1.29, 1.82) is 5.26 Å². The smallest absolute Gasteiger partial charge is 0.262 e. The Hall–Kier alpha value is -1.95. The molecule has 1 aromatic carbocycles. The third-order valence-corrected chi connectivity index (χ3v) is 4.28. The van der Waals surface area contributed by atoms with Crippen LogP contribution in [0.1, 0.15) is 5.56 Å². The number of nitrogens with zero attached hydrogens (tertiary/aromatic N) is 3. The van der Waals surface area contributed by atoms with Gasteiger partial charge in [-0.15, -0.1) is 0 Å². The number of nitriles is 1. The number of halogens is 3. The van der Waals surface area contributed by atoms with E-state index in [9.17, 15) is 12.8 Å². The predicted octanol–water partition coefficient (Wildman–Crippen LogP) is 2.59. The summed E-state index contributed by atoms with van der Waals surface area (Å²) < 4.78 is 39.6. The van der Waals surface area contributed by atoms with Crippen LogP contribution in [0.15, 0.2) is 29.4 Å². The topological polar surface area (TPSA) is 95.7 Å². The fourth-order valence-electron chi connectivity index (χ4n) is 1.38. The number of rotatable bonds is 3. The predicted molar refractivity (Wildman–Crippen MR) is 74.0 cm³/mol. The van der Waals surface area contributed by atoms with Crippen molar-refractivity contribution in [3.63, 3.8) is 0 Å². The van der Waals surface area contributed by atoms with Crippen molar-refractivity contribution in [2.45, 2.75) is 4.90 Å². The number of hydrogen-bond donors (Lipinski definition) is 1. The molecule has 1 heterocycles. The van der Waals surface area contributed by atoms with Crippen LogP contribution in [-0.4, -0.2) is 18.4 Å². The zero-order valence-corrected chi connectivity index (χ0v) is 12.3. The van der Waals surface area contributed by atoms with E-state index in [0.29, 0.717) is 0 Å². The van der Waals surface area contributed by atoms with Crippen molar-refractivity contribution < 1.29 is 12.8 Å². The van der Waals surface area contributed by atoms with E-state index in [4.69, 9.17) is 28.5 Å². The van der Waals surface area contributed by atoms with Crippen LogP contribution in [-0.2, 0) is 10.0 Å². The van der Waals surface area contributed by atoms with Gasteiger partial charge >= 0.3 is 0 Å². The molecule has 0 radical (unpaired) electrons. The summed E-state index contributed by atoms with van der Waals surface area (Å²) in [6.45, 7) is 0. The Morgan fingerprint density at radius 3 is 2.43 bits per heavy atom. The molecule has 1 N–H and O–H groups in total. The van der Waals surface area contributed by atoms with Gasteiger partial charge in [-0.05, 0) is 18.2 Å². The fraction of sp³-hybridized carbons (Fsp3) is 0. The van der Waals surface area contributed by atoms with Crippen molar-refractivity contribution in [3.8, 4) is 6.07 Å². The highest BCUT2D eigenvalue weighted by atomic mass is 35.5. The summed E-state index contributed by atoms with van der Waals surface area (Å²) in [5, 5.41) is 8.33. The number of nitrogens with one attached hydrogen (secondary N) is 1. The van der Waals surface area contributed by atoms with Crippen LogP contribution in [0.2, 0.25) is 10.3 Å². The molecule has 2 rings (SSSR count). The average molecular weight is 347 g/mol. The minimum absolute atomic E-state index is 0.193. The van der Waals surface area contributed by atoms with E-state index >= 15 is 0 Å². The summed E-state index contributed by atoms with van der Waals surface area (Å²) in [5.41, 5.74) is -0.608. The first-order valence-electron chi connectivity index (χ1n) is 5.23. The minimum Gasteiger partial charge on any atom is -0.274 e. The number of anilines is 1. The molecule has 10 heteroatoms.